The van der Waals surface area contributed by atoms with Gasteiger partial charge in [-0.2, -0.15) is 0 Å². The Bertz CT molecular complexity index is 955. The molecule has 2 nitrogen and oxygen atoms in total. The quantitative estimate of drug-likeness (QED) is 0.449. The van der Waals surface area contributed by atoms with Gasteiger partial charge < -0.3 is 5.73 Å². The summed E-state index contributed by atoms with van der Waals surface area (Å²) in [4.78, 5) is 13.0. The highest BCUT2D eigenvalue weighted by atomic mass is 16.1. The summed E-state index contributed by atoms with van der Waals surface area (Å²) in [6.45, 7) is 7.26. The number of carbonyl (C=O) groups excluding carboxylic acids is 1. The van der Waals surface area contributed by atoms with E-state index < -0.39 is 0 Å². The maximum Gasteiger partial charge on any atom is 0.193 e. The minimum atomic E-state index is 0.0953. The van der Waals surface area contributed by atoms with Crippen LogP contribution in [0.3, 0.4) is 0 Å². The zero-order chi connectivity index (χ0) is 21.5. The molecule has 3 aromatic carbocycles. The van der Waals surface area contributed by atoms with Crippen molar-refractivity contribution in [1.82, 2.24) is 0 Å². The van der Waals surface area contributed by atoms with Crippen LogP contribution in [0.5, 0.6) is 0 Å². The molecule has 0 amide bonds. The fourth-order valence-corrected chi connectivity index (χ4v) is 3.96. The van der Waals surface area contributed by atoms with Gasteiger partial charge in [-0.1, -0.05) is 87.5 Å². The van der Waals surface area contributed by atoms with Gasteiger partial charge in [0.2, 0.25) is 0 Å². The molecule has 156 valence electrons. The Morgan fingerprint density at radius 2 is 1.27 bits per heavy atom. The molecule has 0 spiro atoms. The summed E-state index contributed by atoms with van der Waals surface area (Å²) >= 11 is 0. The van der Waals surface area contributed by atoms with Gasteiger partial charge in [0.05, 0.1) is 0 Å². The van der Waals surface area contributed by atoms with E-state index in [9.17, 15) is 4.79 Å². The van der Waals surface area contributed by atoms with Gasteiger partial charge in [0, 0.05) is 17.7 Å². The van der Waals surface area contributed by atoms with E-state index in [-0.39, 0.29) is 5.78 Å². The normalized spacial score (nSPS) is 12.2. The smallest absolute Gasteiger partial charge is 0.193 e. The summed E-state index contributed by atoms with van der Waals surface area (Å²) in [6.07, 6.45) is 3.00. The number of hydrogen-bond acceptors (Lipinski definition) is 2. The molecule has 0 fully saturated rings. The standard InChI is InChI=1S/C28H33NO/c1-20(2)15-22-11-13-26(14-12-22)28(30)27-6-4-5-25(18-27)17-21(3)16-23-7-9-24(19-29)10-8-23/h4-14,18,20-21H,15-17,19,29H2,1-3H3. The van der Waals surface area contributed by atoms with Gasteiger partial charge in [0.15, 0.2) is 5.78 Å². The molecule has 0 radical (unpaired) electrons. The molecule has 0 saturated heterocycles. The molecule has 0 heterocycles. The second-order valence-electron chi connectivity index (χ2n) is 8.86. The van der Waals surface area contributed by atoms with Crippen molar-refractivity contribution in [2.45, 2.75) is 46.6 Å². The largest absolute Gasteiger partial charge is 0.326 e. The molecule has 3 rings (SSSR count). The van der Waals surface area contributed by atoms with Crippen molar-refractivity contribution < 1.29 is 4.79 Å². The molecular weight excluding hydrogens is 366 g/mol. The topological polar surface area (TPSA) is 43.1 Å². The van der Waals surface area contributed by atoms with Crippen molar-refractivity contribution in [2.24, 2.45) is 17.6 Å². The highest BCUT2D eigenvalue weighted by Crippen LogP contribution is 2.19. The van der Waals surface area contributed by atoms with Crippen LogP contribution in [-0.4, -0.2) is 5.78 Å². The van der Waals surface area contributed by atoms with E-state index in [2.05, 4.69) is 69.3 Å². The molecule has 0 aliphatic carbocycles. The van der Waals surface area contributed by atoms with Crippen LogP contribution in [-0.2, 0) is 25.8 Å². The highest BCUT2D eigenvalue weighted by molar-refractivity contribution is 6.09. The molecule has 0 aromatic heterocycles. The van der Waals surface area contributed by atoms with Crippen LogP contribution in [0, 0.1) is 11.8 Å². The van der Waals surface area contributed by atoms with E-state index in [1.807, 2.05) is 24.3 Å². The lowest BCUT2D eigenvalue weighted by molar-refractivity contribution is 0.103. The first-order chi connectivity index (χ1) is 14.4. The summed E-state index contributed by atoms with van der Waals surface area (Å²) in [5.41, 5.74) is 12.2. The van der Waals surface area contributed by atoms with E-state index in [1.165, 1.54) is 16.7 Å². The van der Waals surface area contributed by atoms with E-state index in [1.54, 1.807) is 0 Å². The van der Waals surface area contributed by atoms with Crippen LogP contribution in [0.1, 0.15) is 58.9 Å². The Morgan fingerprint density at radius 3 is 1.90 bits per heavy atom. The van der Waals surface area contributed by atoms with Gasteiger partial charge in [-0.05, 0) is 59.4 Å². The number of nitrogens with two attached hydrogens (primary N) is 1. The molecular formula is C28H33NO. The van der Waals surface area contributed by atoms with Crippen LogP contribution < -0.4 is 5.73 Å². The Balaban J connectivity index is 1.65. The van der Waals surface area contributed by atoms with Crippen molar-refractivity contribution in [3.63, 3.8) is 0 Å². The van der Waals surface area contributed by atoms with Crippen LogP contribution in [0.4, 0.5) is 0 Å². The van der Waals surface area contributed by atoms with Crippen molar-refractivity contribution >= 4 is 5.78 Å². The molecule has 0 aliphatic rings. The number of rotatable bonds is 9. The molecule has 0 bridgehead atoms. The maximum atomic E-state index is 13.0. The van der Waals surface area contributed by atoms with E-state index in [0.717, 1.165) is 36.0 Å². The summed E-state index contributed by atoms with van der Waals surface area (Å²) in [7, 11) is 0. The summed E-state index contributed by atoms with van der Waals surface area (Å²) in [6, 6.07) is 24.7. The van der Waals surface area contributed by atoms with Gasteiger partial charge in [0.1, 0.15) is 0 Å². The third-order valence-electron chi connectivity index (χ3n) is 5.48. The monoisotopic (exact) mass is 399 g/mol. The molecule has 2 N–H and O–H groups in total. The average molecular weight is 400 g/mol. The van der Waals surface area contributed by atoms with Gasteiger partial charge in [-0.3, -0.25) is 4.79 Å². The van der Waals surface area contributed by atoms with Crippen LogP contribution in [0.2, 0.25) is 0 Å². The first-order valence-electron chi connectivity index (χ1n) is 10.9. The summed E-state index contributed by atoms with van der Waals surface area (Å²) < 4.78 is 0. The first kappa shape index (κ1) is 22.0. The SMILES string of the molecule is CC(C)Cc1ccc(C(=O)c2cccc(CC(C)Cc3ccc(CN)cc3)c2)cc1. The van der Waals surface area contributed by atoms with Gasteiger partial charge in [0.25, 0.3) is 0 Å². The molecule has 30 heavy (non-hydrogen) atoms. The molecule has 0 aliphatic heterocycles. The van der Waals surface area contributed by atoms with Crippen molar-refractivity contribution in [3.05, 3.63) is 106 Å². The lowest BCUT2D eigenvalue weighted by atomic mass is 9.92. The van der Waals surface area contributed by atoms with E-state index in [4.69, 9.17) is 5.73 Å². The predicted molar refractivity (Wildman–Crippen MR) is 126 cm³/mol. The van der Waals surface area contributed by atoms with E-state index >= 15 is 0 Å². The van der Waals surface area contributed by atoms with Crippen molar-refractivity contribution in [3.8, 4) is 0 Å². The first-order valence-corrected chi connectivity index (χ1v) is 10.9. The molecule has 2 heteroatoms. The Hall–Kier alpha value is -2.71. The predicted octanol–water partition coefficient (Wildman–Crippen LogP) is 6.00. The lowest BCUT2D eigenvalue weighted by Gasteiger charge is -2.13. The van der Waals surface area contributed by atoms with Crippen LogP contribution >= 0.6 is 0 Å². The minimum Gasteiger partial charge on any atom is -0.326 e. The zero-order valence-corrected chi connectivity index (χ0v) is 18.4. The Labute approximate surface area is 181 Å². The fraction of sp³-hybridized carbons (Fsp3) is 0.321. The minimum absolute atomic E-state index is 0.0953. The van der Waals surface area contributed by atoms with Crippen molar-refractivity contribution in [2.75, 3.05) is 0 Å². The fourth-order valence-electron chi connectivity index (χ4n) is 3.96. The van der Waals surface area contributed by atoms with Gasteiger partial charge >= 0.3 is 0 Å². The average Bonchev–Trinajstić information content (AvgIpc) is 2.74. The summed E-state index contributed by atoms with van der Waals surface area (Å²) in [5.74, 6) is 1.20. The molecule has 1 atom stereocenters. The third kappa shape index (κ3) is 6.14. The van der Waals surface area contributed by atoms with Gasteiger partial charge in [-0.15, -0.1) is 0 Å². The maximum absolute atomic E-state index is 13.0. The summed E-state index contributed by atoms with van der Waals surface area (Å²) in [5, 5.41) is 0. The number of carbonyl (C=O) groups is 1. The number of ketones is 1. The molecule has 0 saturated carbocycles. The number of benzene rings is 3. The number of hydrogen-bond donors (Lipinski definition) is 1. The second-order valence-corrected chi connectivity index (χ2v) is 8.86. The van der Waals surface area contributed by atoms with Crippen LogP contribution in [0.25, 0.3) is 0 Å². The van der Waals surface area contributed by atoms with Gasteiger partial charge in [-0.25, -0.2) is 0 Å². The van der Waals surface area contributed by atoms with Crippen LogP contribution in [0.15, 0.2) is 72.8 Å². The molecule has 1 unspecified atom stereocenters. The third-order valence-corrected chi connectivity index (χ3v) is 5.48. The Kier molecular flexibility index (Phi) is 7.59. The zero-order valence-electron chi connectivity index (χ0n) is 18.4. The second kappa shape index (κ2) is 10.4. The highest BCUT2D eigenvalue weighted by Gasteiger charge is 2.12. The molecule has 3 aromatic rings. The Morgan fingerprint density at radius 1 is 0.700 bits per heavy atom. The lowest BCUT2D eigenvalue weighted by Crippen LogP contribution is -2.06. The van der Waals surface area contributed by atoms with Crippen molar-refractivity contribution in [1.29, 1.82) is 0 Å². The van der Waals surface area contributed by atoms with E-state index in [0.29, 0.717) is 18.4 Å².